The number of nitrogens with two attached hydrogens (primary N) is 1. The number of amides is 1. The molecule has 3 N–H and O–H groups in total. The van der Waals surface area contributed by atoms with Crippen LogP contribution >= 0.6 is 7.26 Å². The first kappa shape index (κ1) is 22.8. The van der Waals surface area contributed by atoms with Gasteiger partial charge in [0.15, 0.2) is 0 Å². The SMILES string of the molecule is CCC/C(=C(/C)C(N)=O)S(=O)(=O)O.CCCC[P+](C)(C)C. The van der Waals surface area contributed by atoms with E-state index in [1.807, 2.05) is 0 Å². The van der Waals surface area contributed by atoms with Crippen LogP contribution in [0, 0.1) is 0 Å². The van der Waals surface area contributed by atoms with Gasteiger partial charge in [-0.2, -0.15) is 8.42 Å². The molecule has 0 fully saturated rings. The summed E-state index contributed by atoms with van der Waals surface area (Å²) in [5.74, 6) is -0.832. The monoisotopic (exact) mass is 340 g/mol. The highest BCUT2D eigenvalue weighted by molar-refractivity contribution is 7.89. The Morgan fingerprint density at radius 1 is 1.14 bits per heavy atom. The zero-order valence-electron chi connectivity index (χ0n) is 14.1. The second kappa shape index (κ2) is 10.3. The number of hydrogen-bond acceptors (Lipinski definition) is 3. The second-order valence-electron chi connectivity index (χ2n) is 6.00. The van der Waals surface area contributed by atoms with E-state index in [0.29, 0.717) is 6.42 Å². The zero-order chi connectivity index (χ0) is 17.3. The molecule has 0 bridgehead atoms. The molecule has 126 valence electrons. The van der Waals surface area contributed by atoms with Crippen molar-refractivity contribution >= 4 is 23.3 Å². The first-order valence-corrected chi connectivity index (χ1v) is 11.9. The fourth-order valence-electron chi connectivity index (χ4n) is 1.51. The third kappa shape index (κ3) is 13.0. The van der Waals surface area contributed by atoms with E-state index in [4.69, 9.17) is 10.3 Å². The van der Waals surface area contributed by atoms with Gasteiger partial charge in [0.2, 0.25) is 5.91 Å². The van der Waals surface area contributed by atoms with E-state index in [9.17, 15) is 13.2 Å². The molecule has 0 saturated carbocycles. The summed E-state index contributed by atoms with van der Waals surface area (Å²) < 4.78 is 30.2. The standard InChI is InChI=1S/C7H13NO4S.C7H18P/c1-3-4-6(13(10,11)12)5(2)7(8)9;1-5-6-7-8(2,3)4/h3-4H2,1-2H3,(H2,8,9)(H,10,11,12);5-7H2,1-4H3/q;+1/b6-5+;. The molecule has 0 aliphatic carbocycles. The van der Waals surface area contributed by atoms with Gasteiger partial charge in [0.1, 0.15) is 0 Å². The predicted molar refractivity (Wildman–Crippen MR) is 92.8 cm³/mol. The molecule has 0 aliphatic heterocycles. The van der Waals surface area contributed by atoms with Crippen LogP contribution in [0.1, 0.15) is 46.5 Å². The molecule has 0 spiro atoms. The van der Waals surface area contributed by atoms with E-state index in [-0.39, 0.29) is 16.9 Å². The van der Waals surface area contributed by atoms with Crippen molar-refractivity contribution in [2.45, 2.75) is 46.5 Å². The maximum Gasteiger partial charge on any atom is 0.291 e. The molecule has 0 unspecified atom stereocenters. The first-order chi connectivity index (χ1) is 9.36. The summed E-state index contributed by atoms with van der Waals surface area (Å²) in [4.78, 5) is 10.4. The van der Waals surface area contributed by atoms with E-state index in [2.05, 4.69) is 26.9 Å². The van der Waals surface area contributed by atoms with E-state index in [1.165, 1.54) is 25.9 Å². The minimum atomic E-state index is -4.29. The highest BCUT2D eigenvalue weighted by Crippen LogP contribution is 2.46. The summed E-state index contributed by atoms with van der Waals surface area (Å²) in [7, 11) is -4.72. The molecule has 0 aromatic rings. The second-order valence-corrected chi connectivity index (χ2v) is 12.5. The first-order valence-electron chi connectivity index (χ1n) is 7.14. The number of unbranched alkanes of at least 4 members (excludes halogenated alkanes) is 1. The Morgan fingerprint density at radius 3 is 1.81 bits per heavy atom. The number of rotatable bonds is 7. The molecular formula is C14H31NO4PS+. The van der Waals surface area contributed by atoms with Gasteiger partial charge in [-0.15, -0.1) is 0 Å². The number of carbonyl (C=O) groups excluding carboxylic acids is 1. The summed E-state index contributed by atoms with van der Waals surface area (Å²) in [5, 5.41) is 0. The van der Waals surface area contributed by atoms with E-state index in [1.54, 1.807) is 6.92 Å². The van der Waals surface area contributed by atoms with Gasteiger partial charge < -0.3 is 5.73 Å². The van der Waals surface area contributed by atoms with Gasteiger partial charge in [0, 0.05) is 32.8 Å². The normalized spacial score (nSPS) is 13.1. The Hall–Kier alpha value is -0.450. The molecule has 0 radical (unpaired) electrons. The minimum Gasteiger partial charge on any atom is -0.366 e. The van der Waals surface area contributed by atoms with E-state index >= 15 is 0 Å². The van der Waals surface area contributed by atoms with Crippen LogP contribution in [0.15, 0.2) is 10.5 Å². The molecule has 0 atom stereocenters. The number of primary amides is 1. The average molecular weight is 340 g/mol. The van der Waals surface area contributed by atoms with Crippen LogP contribution in [0.2, 0.25) is 0 Å². The van der Waals surface area contributed by atoms with Crippen LogP contribution in [0.25, 0.3) is 0 Å². The Morgan fingerprint density at radius 2 is 1.62 bits per heavy atom. The Balaban J connectivity index is 0. The summed E-state index contributed by atoms with van der Waals surface area (Å²) >= 11 is 0. The predicted octanol–water partition coefficient (Wildman–Crippen LogP) is 3.13. The van der Waals surface area contributed by atoms with Gasteiger partial charge in [-0.05, 0) is 19.8 Å². The molecular weight excluding hydrogens is 309 g/mol. The van der Waals surface area contributed by atoms with Crippen molar-refractivity contribution in [3.63, 3.8) is 0 Å². The van der Waals surface area contributed by atoms with Crippen molar-refractivity contribution in [3.8, 4) is 0 Å². The summed E-state index contributed by atoms with van der Waals surface area (Å²) in [6, 6.07) is 0. The molecule has 7 heteroatoms. The van der Waals surface area contributed by atoms with Crippen molar-refractivity contribution in [1.82, 2.24) is 0 Å². The Bertz CT molecular complexity index is 450. The van der Waals surface area contributed by atoms with Crippen molar-refractivity contribution < 1.29 is 17.8 Å². The van der Waals surface area contributed by atoms with Crippen LogP contribution in [0.4, 0.5) is 0 Å². The Kier molecular flexibility index (Phi) is 11.2. The topological polar surface area (TPSA) is 97.5 Å². The van der Waals surface area contributed by atoms with Gasteiger partial charge in [-0.3, -0.25) is 9.35 Å². The lowest BCUT2D eigenvalue weighted by Crippen LogP contribution is -2.17. The maximum atomic E-state index is 10.8. The quantitative estimate of drug-likeness (QED) is 0.422. The fraction of sp³-hybridized carbons (Fsp3) is 0.786. The van der Waals surface area contributed by atoms with Gasteiger partial charge >= 0.3 is 0 Å². The van der Waals surface area contributed by atoms with Crippen molar-refractivity contribution in [1.29, 1.82) is 0 Å². The van der Waals surface area contributed by atoms with Gasteiger partial charge in [-0.25, -0.2) is 0 Å². The lowest BCUT2D eigenvalue weighted by molar-refractivity contribution is -0.114. The zero-order valence-corrected chi connectivity index (χ0v) is 15.9. The average Bonchev–Trinajstić information content (AvgIpc) is 2.31. The van der Waals surface area contributed by atoms with Crippen molar-refractivity contribution in [2.75, 3.05) is 26.2 Å². The van der Waals surface area contributed by atoms with E-state index < -0.39 is 23.3 Å². The van der Waals surface area contributed by atoms with Crippen LogP contribution in [-0.4, -0.2) is 45.0 Å². The van der Waals surface area contributed by atoms with Gasteiger partial charge in [0.05, 0.1) is 11.1 Å². The smallest absolute Gasteiger partial charge is 0.291 e. The van der Waals surface area contributed by atoms with Gasteiger partial charge in [0.25, 0.3) is 10.1 Å². The van der Waals surface area contributed by atoms with Crippen molar-refractivity contribution in [2.24, 2.45) is 5.73 Å². The third-order valence-electron chi connectivity index (χ3n) is 2.76. The number of allylic oxidation sites excluding steroid dienone is 1. The molecule has 21 heavy (non-hydrogen) atoms. The largest absolute Gasteiger partial charge is 0.366 e. The maximum absolute atomic E-state index is 10.8. The molecule has 0 aromatic heterocycles. The molecule has 0 aliphatic rings. The lowest BCUT2D eigenvalue weighted by Gasteiger charge is -2.09. The fourth-order valence-corrected chi connectivity index (χ4v) is 3.72. The van der Waals surface area contributed by atoms with Crippen LogP contribution in [-0.2, 0) is 14.9 Å². The summed E-state index contributed by atoms with van der Waals surface area (Å²) in [5.41, 5.74) is 4.78. The number of carbonyl (C=O) groups is 1. The van der Waals surface area contributed by atoms with Crippen molar-refractivity contribution in [3.05, 3.63) is 10.5 Å². The summed E-state index contributed by atoms with van der Waals surface area (Å²) in [6.07, 6.45) is 4.89. The van der Waals surface area contributed by atoms with Crippen LogP contribution in [0.5, 0.6) is 0 Å². The van der Waals surface area contributed by atoms with Crippen LogP contribution in [0.3, 0.4) is 0 Å². The molecule has 0 saturated heterocycles. The molecule has 0 heterocycles. The third-order valence-corrected chi connectivity index (χ3v) is 5.55. The lowest BCUT2D eigenvalue weighted by atomic mass is 10.2. The summed E-state index contributed by atoms with van der Waals surface area (Å²) in [6.45, 7) is 12.5. The molecule has 5 nitrogen and oxygen atoms in total. The van der Waals surface area contributed by atoms with Gasteiger partial charge in [-0.1, -0.05) is 26.7 Å². The highest BCUT2D eigenvalue weighted by atomic mass is 32.2. The van der Waals surface area contributed by atoms with Crippen LogP contribution < -0.4 is 5.73 Å². The van der Waals surface area contributed by atoms with E-state index in [0.717, 1.165) is 0 Å². The molecule has 1 amide bonds. The number of hydrogen-bond donors (Lipinski definition) is 2. The molecule has 0 aromatic carbocycles. The molecule has 0 rings (SSSR count). The Labute approximate surface area is 130 Å². The minimum absolute atomic E-state index is 0.107. The highest BCUT2D eigenvalue weighted by Gasteiger charge is 2.18.